The highest BCUT2D eigenvalue weighted by Crippen LogP contribution is 2.20. The van der Waals surface area contributed by atoms with Gasteiger partial charge in [-0.1, -0.05) is 17.7 Å². The largest absolute Gasteiger partial charge is 0.415 e. The molecule has 0 saturated carbocycles. The number of rotatable bonds is 5. The molecule has 6 heteroatoms. The van der Waals surface area contributed by atoms with Gasteiger partial charge in [-0.05, 0) is 46.8 Å². The maximum atomic E-state index is 12.1. The molecule has 2 rings (SSSR count). The molecule has 130 valence electrons. The van der Waals surface area contributed by atoms with Gasteiger partial charge in [0.2, 0.25) is 5.89 Å². The lowest BCUT2D eigenvalue weighted by molar-refractivity contribution is -0.903. The summed E-state index contributed by atoms with van der Waals surface area (Å²) in [6.45, 7) is 10.3. The van der Waals surface area contributed by atoms with Gasteiger partial charge in [0.1, 0.15) is 0 Å². The lowest BCUT2D eigenvalue weighted by atomic mass is 10.1. The summed E-state index contributed by atoms with van der Waals surface area (Å²) >= 11 is 0. The minimum atomic E-state index is -0.233. The van der Waals surface area contributed by atoms with Gasteiger partial charge >= 0.3 is 0 Å². The van der Waals surface area contributed by atoms with Crippen molar-refractivity contribution in [2.75, 3.05) is 13.6 Å². The van der Waals surface area contributed by atoms with Crippen LogP contribution in [0.2, 0.25) is 0 Å². The van der Waals surface area contributed by atoms with Crippen molar-refractivity contribution in [3.05, 3.63) is 35.7 Å². The Labute approximate surface area is 143 Å². The molecule has 0 aliphatic heterocycles. The molecule has 1 amide bonds. The molecule has 0 aliphatic rings. The zero-order valence-electron chi connectivity index (χ0n) is 15.3. The van der Waals surface area contributed by atoms with Crippen LogP contribution in [-0.2, 0) is 4.79 Å². The van der Waals surface area contributed by atoms with Crippen LogP contribution in [0.25, 0.3) is 11.5 Å². The number of benzene rings is 1. The maximum absolute atomic E-state index is 12.1. The zero-order chi connectivity index (χ0) is 17.9. The van der Waals surface area contributed by atoms with Crippen molar-refractivity contribution in [2.24, 2.45) is 0 Å². The lowest BCUT2D eigenvalue weighted by Crippen LogP contribution is -3.10. The van der Waals surface area contributed by atoms with Gasteiger partial charge < -0.3 is 14.6 Å². The molecular formula is C18H27N4O2+. The number of likely N-dealkylation sites (N-methyl/N-ethyl adjacent to an activating group) is 1. The molecule has 1 aromatic heterocycles. The molecule has 1 aromatic carbocycles. The van der Waals surface area contributed by atoms with E-state index in [0.717, 1.165) is 16.0 Å². The first kappa shape index (κ1) is 18.1. The molecular weight excluding hydrogens is 304 g/mol. The van der Waals surface area contributed by atoms with E-state index in [1.807, 2.05) is 65.9 Å². The third-order valence-electron chi connectivity index (χ3n) is 3.77. The molecule has 2 N–H and O–H groups in total. The monoisotopic (exact) mass is 331 g/mol. The summed E-state index contributed by atoms with van der Waals surface area (Å²) in [4.78, 5) is 13.1. The highest BCUT2D eigenvalue weighted by molar-refractivity contribution is 5.77. The summed E-state index contributed by atoms with van der Waals surface area (Å²) in [5, 5.41) is 11.3. The van der Waals surface area contributed by atoms with Crippen LogP contribution in [0, 0.1) is 6.92 Å². The molecule has 0 spiro atoms. The Hall–Kier alpha value is -2.21. The fraction of sp³-hybridized carbons (Fsp3) is 0.500. The Bertz CT molecular complexity index is 703. The summed E-state index contributed by atoms with van der Waals surface area (Å²) in [7, 11) is 1.95. The number of quaternary nitrogens is 1. The van der Waals surface area contributed by atoms with Gasteiger partial charge in [0.05, 0.1) is 7.05 Å². The zero-order valence-corrected chi connectivity index (χ0v) is 15.3. The van der Waals surface area contributed by atoms with Crippen LogP contribution in [0.1, 0.15) is 45.2 Å². The number of amides is 1. The van der Waals surface area contributed by atoms with E-state index in [-0.39, 0.29) is 17.5 Å². The highest BCUT2D eigenvalue weighted by atomic mass is 16.4. The fourth-order valence-corrected chi connectivity index (χ4v) is 2.38. The van der Waals surface area contributed by atoms with E-state index in [2.05, 4.69) is 15.5 Å². The quantitative estimate of drug-likeness (QED) is 0.872. The van der Waals surface area contributed by atoms with Gasteiger partial charge in [-0.3, -0.25) is 4.79 Å². The van der Waals surface area contributed by atoms with Gasteiger partial charge in [0.15, 0.2) is 12.6 Å². The van der Waals surface area contributed by atoms with Crippen LogP contribution in [0.4, 0.5) is 0 Å². The minimum absolute atomic E-state index is 0.00488. The summed E-state index contributed by atoms with van der Waals surface area (Å²) in [5.74, 6) is 1.05. The average Bonchev–Trinajstić information content (AvgIpc) is 2.94. The number of carbonyl (C=O) groups is 1. The van der Waals surface area contributed by atoms with E-state index in [1.54, 1.807) is 0 Å². The van der Waals surface area contributed by atoms with Gasteiger partial charge in [-0.2, -0.15) is 0 Å². The molecule has 6 nitrogen and oxygen atoms in total. The van der Waals surface area contributed by atoms with E-state index < -0.39 is 0 Å². The maximum Gasteiger partial charge on any atom is 0.275 e. The number of hydrogen-bond donors (Lipinski definition) is 2. The van der Waals surface area contributed by atoms with E-state index in [1.165, 1.54) is 0 Å². The molecule has 0 fully saturated rings. The Kier molecular flexibility index (Phi) is 5.39. The topological polar surface area (TPSA) is 72.5 Å². The summed E-state index contributed by atoms with van der Waals surface area (Å²) in [6.07, 6.45) is 0. The molecule has 0 saturated heterocycles. The molecule has 1 unspecified atom stereocenters. The summed E-state index contributed by atoms with van der Waals surface area (Å²) < 4.78 is 5.82. The second kappa shape index (κ2) is 7.13. The Morgan fingerprint density at radius 1 is 1.33 bits per heavy atom. The van der Waals surface area contributed by atoms with Crippen molar-refractivity contribution in [1.29, 1.82) is 0 Å². The fourth-order valence-electron chi connectivity index (χ4n) is 2.38. The van der Waals surface area contributed by atoms with Crippen molar-refractivity contribution in [3.63, 3.8) is 0 Å². The number of aryl methyl sites for hydroxylation is 1. The van der Waals surface area contributed by atoms with Gasteiger partial charge in [0.25, 0.3) is 11.8 Å². The first-order valence-electron chi connectivity index (χ1n) is 8.19. The predicted octanol–water partition coefficient (Wildman–Crippen LogP) is 1.54. The normalized spacial score (nSPS) is 14.2. The van der Waals surface area contributed by atoms with E-state index in [4.69, 9.17) is 4.42 Å². The van der Waals surface area contributed by atoms with Crippen molar-refractivity contribution in [1.82, 2.24) is 15.5 Å². The first-order chi connectivity index (χ1) is 11.2. The standard InChI is InChI=1S/C18H26N4O2/c1-12-8-7-9-14(10-12)17-21-20-16(24-17)13(2)22(6)11-15(23)19-18(3,4)5/h7-10,13H,11H2,1-6H3,(H,19,23)/p+1/t13-/m1/s1. The number of aromatic nitrogens is 2. The third-order valence-corrected chi connectivity index (χ3v) is 3.77. The number of nitrogens with one attached hydrogen (secondary N) is 2. The van der Waals surface area contributed by atoms with Gasteiger partial charge in [-0.25, -0.2) is 0 Å². The van der Waals surface area contributed by atoms with Crippen molar-refractivity contribution in [2.45, 2.75) is 46.2 Å². The SMILES string of the molecule is Cc1cccc(-c2nnc([C@@H](C)[NH+](C)CC(=O)NC(C)(C)C)o2)c1. The molecule has 24 heavy (non-hydrogen) atoms. The average molecular weight is 331 g/mol. The van der Waals surface area contributed by atoms with Gasteiger partial charge in [0, 0.05) is 11.1 Å². The first-order valence-corrected chi connectivity index (χ1v) is 8.19. The molecule has 0 radical (unpaired) electrons. The molecule has 0 aliphatic carbocycles. The Morgan fingerprint density at radius 3 is 2.67 bits per heavy atom. The molecule has 1 heterocycles. The van der Waals surface area contributed by atoms with Crippen molar-refractivity contribution < 1.29 is 14.1 Å². The molecule has 2 atom stereocenters. The van der Waals surface area contributed by atoms with Crippen LogP contribution < -0.4 is 10.2 Å². The molecule has 0 bridgehead atoms. The second-order valence-electron chi connectivity index (χ2n) is 7.36. The van der Waals surface area contributed by atoms with E-state index in [9.17, 15) is 4.79 Å². The smallest absolute Gasteiger partial charge is 0.275 e. The Morgan fingerprint density at radius 2 is 2.04 bits per heavy atom. The van der Waals surface area contributed by atoms with Crippen LogP contribution in [-0.4, -0.2) is 35.2 Å². The van der Waals surface area contributed by atoms with Crippen LogP contribution in [0.3, 0.4) is 0 Å². The summed E-state index contributed by atoms with van der Waals surface area (Å²) in [6, 6.07) is 7.88. The number of hydrogen-bond acceptors (Lipinski definition) is 4. The van der Waals surface area contributed by atoms with E-state index >= 15 is 0 Å². The van der Waals surface area contributed by atoms with Gasteiger partial charge in [-0.15, -0.1) is 10.2 Å². The third kappa shape index (κ3) is 4.89. The number of nitrogens with zero attached hydrogens (tertiary/aromatic N) is 2. The van der Waals surface area contributed by atoms with Crippen molar-refractivity contribution in [3.8, 4) is 11.5 Å². The van der Waals surface area contributed by atoms with Crippen LogP contribution >= 0.6 is 0 Å². The minimum Gasteiger partial charge on any atom is -0.415 e. The predicted molar refractivity (Wildman–Crippen MR) is 92.5 cm³/mol. The lowest BCUT2D eigenvalue weighted by Gasteiger charge is -2.23. The van der Waals surface area contributed by atoms with Crippen LogP contribution in [0.5, 0.6) is 0 Å². The molecule has 2 aromatic rings. The van der Waals surface area contributed by atoms with Crippen molar-refractivity contribution >= 4 is 5.91 Å². The van der Waals surface area contributed by atoms with E-state index in [0.29, 0.717) is 18.3 Å². The Balaban J connectivity index is 2.05. The second-order valence-corrected chi connectivity index (χ2v) is 7.36. The highest BCUT2D eigenvalue weighted by Gasteiger charge is 2.25. The number of carbonyl (C=O) groups excluding carboxylic acids is 1. The summed E-state index contributed by atoms with van der Waals surface area (Å²) in [5.41, 5.74) is 1.81. The van der Waals surface area contributed by atoms with Crippen LogP contribution in [0.15, 0.2) is 28.7 Å².